The van der Waals surface area contributed by atoms with Crippen LogP contribution in [-0.4, -0.2) is 11.5 Å². The van der Waals surface area contributed by atoms with Crippen LogP contribution in [0, 0.1) is 13.8 Å². The number of benzene rings is 1. The van der Waals surface area contributed by atoms with E-state index >= 15 is 0 Å². The first-order chi connectivity index (χ1) is 9.72. The minimum Gasteiger partial charge on any atom is -0.310 e. The molecular weight excluding hydrogens is 244 g/mol. The molecule has 2 aromatic rings. The summed E-state index contributed by atoms with van der Waals surface area (Å²) in [6, 6.07) is 11.1. The van der Waals surface area contributed by atoms with Gasteiger partial charge in [0.1, 0.15) is 0 Å². The number of rotatable bonds is 6. The van der Waals surface area contributed by atoms with Crippen LogP contribution in [0.2, 0.25) is 0 Å². The van der Waals surface area contributed by atoms with E-state index in [4.69, 9.17) is 0 Å². The maximum Gasteiger partial charge on any atom is 0.0364 e. The van der Waals surface area contributed by atoms with E-state index in [1.54, 1.807) is 0 Å². The number of nitrogens with zero attached hydrogens (tertiary/aromatic N) is 1. The highest BCUT2D eigenvalue weighted by molar-refractivity contribution is 5.31. The summed E-state index contributed by atoms with van der Waals surface area (Å²) in [5.74, 6) is 0. The second-order valence-corrected chi connectivity index (χ2v) is 5.37. The average Bonchev–Trinajstić information content (AvgIpc) is 2.46. The van der Waals surface area contributed by atoms with Crippen molar-refractivity contribution in [3.63, 3.8) is 0 Å². The van der Waals surface area contributed by atoms with Crippen LogP contribution in [-0.2, 0) is 6.42 Å². The Labute approximate surface area is 122 Å². The van der Waals surface area contributed by atoms with E-state index in [-0.39, 0.29) is 0 Å². The van der Waals surface area contributed by atoms with E-state index < -0.39 is 0 Å². The van der Waals surface area contributed by atoms with Crippen LogP contribution in [0.3, 0.4) is 0 Å². The van der Waals surface area contributed by atoms with Crippen molar-refractivity contribution >= 4 is 0 Å². The van der Waals surface area contributed by atoms with Gasteiger partial charge in [-0.25, -0.2) is 0 Å². The Kier molecular flexibility index (Phi) is 5.31. The fraction of sp³-hybridized carbons (Fsp3) is 0.389. The zero-order valence-electron chi connectivity index (χ0n) is 12.7. The molecule has 2 nitrogen and oxygen atoms in total. The Morgan fingerprint density at radius 1 is 1.10 bits per heavy atom. The van der Waals surface area contributed by atoms with Gasteiger partial charge in [-0.3, -0.25) is 4.98 Å². The molecule has 1 heterocycles. The van der Waals surface area contributed by atoms with Crippen LogP contribution in [0.25, 0.3) is 0 Å². The fourth-order valence-electron chi connectivity index (χ4n) is 2.54. The molecule has 0 saturated heterocycles. The quantitative estimate of drug-likeness (QED) is 0.857. The molecule has 0 saturated carbocycles. The number of aryl methyl sites for hydroxylation is 2. The Morgan fingerprint density at radius 3 is 2.60 bits per heavy atom. The van der Waals surface area contributed by atoms with Crippen LogP contribution in [0.5, 0.6) is 0 Å². The molecule has 0 aliphatic rings. The lowest BCUT2D eigenvalue weighted by atomic mass is 9.94. The lowest BCUT2D eigenvalue weighted by Gasteiger charge is -2.21. The van der Waals surface area contributed by atoms with Crippen LogP contribution in [0.1, 0.15) is 41.6 Å². The van der Waals surface area contributed by atoms with Crippen molar-refractivity contribution in [1.82, 2.24) is 10.3 Å². The highest BCUT2D eigenvalue weighted by atomic mass is 14.9. The molecule has 0 amide bonds. The van der Waals surface area contributed by atoms with Gasteiger partial charge in [0.05, 0.1) is 0 Å². The molecule has 106 valence electrons. The van der Waals surface area contributed by atoms with Gasteiger partial charge in [-0.15, -0.1) is 0 Å². The smallest absolute Gasteiger partial charge is 0.0364 e. The standard InChI is InChI=1S/C18H24N2/c1-4-10-20-18(17-9-11-19-13-15(17)3)12-16-8-6-5-7-14(16)2/h5-9,11,13,18,20H,4,10,12H2,1-3H3. The maximum atomic E-state index is 4.20. The summed E-state index contributed by atoms with van der Waals surface area (Å²) in [4.78, 5) is 4.20. The van der Waals surface area contributed by atoms with E-state index in [1.807, 2.05) is 12.4 Å². The lowest BCUT2D eigenvalue weighted by Crippen LogP contribution is -2.25. The van der Waals surface area contributed by atoms with Crippen molar-refractivity contribution < 1.29 is 0 Å². The first kappa shape index (κ1) is 14.7. The summed E-state index contributed by atoms with van der Waals surface area (Å²) in [5, 5.41) is 3.67. The second kappa shape index (κ2) is 7.20. The van der Waals surface area contributed by atoms with Crippen molar-refractivity contribution in [2.24, 2.45) is 0 Å². The average molecular weight is 268 g/mol. The minimum atomic E-state index is 0.360. The second-order valence-electron chi connectivity index (χ2n) is 5.37. The maximum absolute atomic E-state index is 4.20. The fourth-order valence-corrected chi connectivity index (χ4v) is 2.54. The van der Waals surface area contributed by atoms with E-state index in [0.717, 1.165) is 19.4 Å². The van der Waals surface area contributed by atoms with Gasteiger partial charge >= 0.3 is 0 Å². The summed E-state index contributed by atoms with van der Waals surface area (Å²) >= 11 is 0. The Balaban J connectivity index is 2.24. The van der Waals surface area contributed by atoms with E-state index in [0.29, 0.717) is 6.04 Å². The van der Waals surface area contributed by atoms with E-state index in [1.165, 1.54) is 22.3 Å². The number of nitrogens with one attached hydrogen (secondary N) is 1. The molecule has 0 bridgehead atoms. The summed E-state index contributed by atoms with van der Waals surface area (Å²) in [7, 11) is 0. The summed E-state index contributed by atoms with van der Waals surface area (Å²) in [6.07, 6.45) is 6.01. The predicted molar refractivity (Wildman–Crippen MR) is 84.9 cm³/mol. The third kappa shape index (κ3) is 3.67. The number of pyridine rings is 1. The van der Waals surface area contributed by atoms with Crippen LogP contribution in [0.15, 0.2) is 42.7 Å². The molecule has 2 heteroatoms. The first-order valence-electron chi connectivity index (χ1n) is 7.40. The molecule has 0 aliphatic carbocycles. The topological polar surface area (TPSA) is 24.9 Å². The highest BCUT2D eigenvalue weighted by Crippen LogP contribution is 2.22. The van der Waals surface area contributed by atoms with Crippen molar-refractivity contribution in [3.05, 3.63) is 65.0 Å². The van der Waals surface area contributed by atoms with Crippen molar-refractivity contribution in [1.29, 1.82) is 0 Å². The van der Waals surface area contributed by atoms with Gasteiger partial charge in [0.15, 0.2) is 0 Å². The third-order valence-corrected chi connectivity index (χ3v) is 3.77. The van der Waals surface area contributed by atoms with Gasteiger partial charge in [0.2, 0.25) is 0 Å². The molecule has 0 radical (unpaired) electrons. The number of aromatic nitrogens is 1. The minimum absolute atomic E-state index is 0.360. The molecule has 0 spiro atoms. The normalized spacial score (nSPS) is 12.3. The van der Waals surface area contributed by atoms with Crippen molar-refractivity contribution in [3.8, 4) is 0 Å². The van der Waals surface area contributed by atoms with Gasteiger partial charge in [0, 0.05) is 18.4 Å². The SMILES string of the molecule is CCCNC(Cc1ccccc1C)c1ccncc1C. The molecule has 0 fully saturated rings. The zero-order chi connectivity index (χ0) is 14.4. The molecule has 1 aromatic carbocycles. The third-order valence-electron chi connectivity index (χ3n) is 3.77. The van der Waals surface area contributed by atoms with Crippen LogP contribution in [0.4, 0.5) is 0 Å². The monoisotopic (exact) mass is 268 g/mol. The van der Waals surface area contributed by atoms with Crippen molar-refractivity contribution in [2.75, 3.05) is 6.54 Å². The molecule has 1 aromatic heterocycles. The molecule has 20 heavy (non-hydrogen) atoms. The Hall–Kier alpha value is -1.67. The summed E-state index contributed by atoms with van der Waals surface area (Å²) in [6.45, 7) is 7.57. The van der Waals surface area contributed by atoms with E-state index in [2.05, 4.69) is 61.4 Å². The van der Waals surface area contributed by atoms with Crippen LogP contribution < -0.4 is 5.32 Å². The molecule has 2 rings (SSSR count). The van der Waals surface area contributed by atoms with Gasteiger partial charge in [-0.1, -0.05) is 31.2 Å². The van der Waals surface area contributed by atoms with Crippen molar-refractivity contribution in [2.45, 2.75) is 39.7 Å². The Morgan fingerprint density at radius 2 is 1.90 bits per heavy atom. The van der Waals surface area contributed by atoms with Gasteiger partial charge in [0.25, 0.3) is 0 Å². The predicted octanol–water partition coefficient (Wildman–Crippen LogP) is 3.98. The van der Waals surface area contributed by atoms with Gasteiger partial charge in [-0.2, -0.15) is 0 Å². The lowest BCUT2D eigenvalue weighted by molar-refractivity contribution is 0.526. The van der Waals surface area contributed by atoms with Gasteiger partial charge < -0.3 is 5.32 Å². The molecule has 1 unspecified atom stereocenters. The zero-order valence-corrected chi connectivity index (χ0v) is 12.7. The molecule has 0 aliphatic heterocycles. The highest BCUT2D eigenvalue weighted by Gasteiger charge is 2.14. The Bertz CT molecular complexity index is 549. The molecule has 1 N–H and O–H groups in total. The first-order valence-corrected chi connectivity index (χ1v) is 7.40. The van der Waals surface area contributed by atoms with E-state index in [9.17, 15) is 0 Å². The summed E-state index contributed by atoms with van der Waals surface area (Å²) < 4.78 is 0. The molecule has 1 atom stereocenters. The van der Waals surface area contributed by atoms with Gasteiger partial charge in [-0.05, 0) is 61.6 Å². The molecular formula is C18H24N2. The number of hydrogen-bond acceptors (Lipinski definition) is 2. The van der Waals surface area contributed by atoms with Crippen LogP contribution >= 0.6 is 0 Å². The number of hydrogen-bond donors (Lipinski definition) is 1. The largest absolute Gasteiger partial charge is 0.310 e. The summed E-state index contributed by atoms with van der Waals surface area (Å²) in [5.41, 5.74) is 5.39.